The predicted octanol–water partition coefficient (Wildman–Crippen LogP) is 3.17. The Balaban J connectivity index is 1.54. The maximum absolute atomic E-state index is 12.8. The van der Waals surface area contributed by atoms with Gasteiger partial charge in [-0.05, 0) is 42.3 Å². The molecule has 25 heavy (non-hydrogen) atoms. The Bertz CT molecular complexity index is 713. The number of halogens is 1. The second kappa shape index (κ2) is 7.70. The standard InChI is InChI=1S/C19H25BrN4O/c1-14-4-6-17(7-5-14)12-22-8-10-23(11-9-22)19(25)16(3)24-13-18(20)15(2)21-24/h4-7,13,16H,8-12H2,1-3H3/t16-/m1/s1. The van der Waals surface area contributed by atoms with Gasteiger partial charge in [0.15, 0.2) is 0 Å². The highest BCUT2D eigenvalue weighted by atomic mass is 79.9. The quantitative estimate of drug-likeness (QED) is 0.785. The molecular weight excluding hydrogens is 380 g/mol. The van der Waals surface area contributed by atoms with Crippen LogP contribution in [0, 0.1) is 13.8 Å². The molecule has 1 fully saturated rings. The molecule has 5 nitrogen and oxygen atoms in total. The van der Waals surface area contributed by atoms with Gasteiger partial charge in [0.1, 0.15) is 6.04 Å². The van der Waals surface area contributed by atoms with Gasteiger partial charge in [-0.15, -0.1) is 0 Å². The minimum Gasteiger partial charge on any atom is -0.338 e. The number of hydrogen-bond donors (Lipinski definition) is 0. The van der Waals surface area contributed by atoms with E-state index in [0.29, 0.717) is 0 Å². The van der Waals surface area contributed by atoms with Crippen LogP contribution in [-0.2, 0) is 11.3 Å². The van der Waals surface area contributed by atoms with Crippen LogP contribution in [0.1, 0.15) is 29.8 Å². The van der Waals surface area contributed by atoms with E-state index in [1.54, 1.807) is 4.68 Å². The number of carbonyl (C=O) groups excluding carboxylic acids is 1. The van der Waals surface area contributed by atoms with Crippen molar-refractivity contribution < 1.29 is 4.79 Å². The van der Waals surface area contributed by atoms with E-state index in [0.717, 1.165) is 42.9 Å². The molecule has 3 rings (SSSR count). The summed E-state index contributed by atoms with van der Waals surface area (Å²) in [5, 5.41) is 4.42. The zero-order valence-electron chi connectivity index (χ0n) is 15.1. The molecule has 134 valence electrons. The lowest BCUT2D eigenvalue weighted by atomic mass is 10.1. The van der Waals surface area contributed by atoms with Crippen LogP contribution in [0.2, 0.25) is 0 Å². The number of hydrogen-bond acceptors (Lipinski definition) is 3. The molecule has 0 radical (unpaired) electrons. The van der Waals surface area contributed by atoms with Gasteiger partial charge in [0.2, 0.25) is 5.91 Å². The van der Waals surface area contributed by atoms with Crippen LogP contribution in [0.3, 0.4) is 0 Å². The van der Waals surface area contributed by atoms with Crippen molar-refractivity contribution in [2.45, 2.75) is 33.4 Å². The van der Waals surface area contributed by atoms with E-state index in [2.05, 4.69) is 57.1 Å². The van der Waals surface area contributed by atoms with Crippen LogP contribution in [0.25, 0.3) is 0 Å². The summed E-state index contributed by atoms with van der Waals surface area (Å²) in [5.41, 5.74) is 3.52. The summed E-state index contributed by atoms with van der Waals surface area (Å²) < 4.78 is 2.69. The third kappa shape index (κ3) is 4.30. The van der Waals surface area contributed by atoms with Crippen molar-refractivity contribution in [3.63, 3.8) is 0 Å². The molecule has 2 aromatic rings. The highest BCUT2D eigenvalue weighted by Gasteiger charge is 2.26. The SMILES string of the molecule is Cc1ccc(CN2CCN(C(=O)[C@@H](C)n3cc(Br)c(C)n3)CC2)cc1. The Hall–Kier alpha value is -1.66. The van der Waals surface area contributed by atoms with E-state index in [1.165, 1.54) is 11.1 Å². The lowest BCUT2D eigenvalue weighted by Gasteiger charge is -2.36. The molecule has 0 bridgehead atoms. The summed E-state index contributed by atoms with van der Waals surface area (Å²) in [6.07, 6.45) is 1.88. The average Bonchev–Trinajstić information content (AvgIpc) is 2.95. The number of carbonyl (C=O) groups is 1. The maximum Gasteiger partial charge on any atom is 0.247 e. The van der Waals surface area contributed by atoms with Crippen molar-refractivity contribution >= 4 is 21.8 Å². The first-order valence-electron chi connectivity index (χ1n) is 8.72. The first-order valence-corrected chi connectivity index (χ1v) is 9.51. The minimum absolute atomic E-state index is 0.144. The van der Waals surface area contributed by atoms with E-state index in [9.17, 15) is 4.79 Å². The van der Waals surface area contributed by atoms with Crippen LogP contribution in [0.5, 0.6) is 0 Å². The van der Waals surface area contributed by atoms with Crippen LogP contribution >= 0.6 is 15.9 Å². The zero-order chi connectivity index (χ0) is 18.0. The molecule has 1 aromatic carbocycles. The van der Waals surface area contributed by atoms with Crippen molar-refractivity contribution in [1.29, 1.82) is 0 Å². The Labute approximate surface area is 157 Å². The lowest BCUT2D eigenvalue weighted by molar-refractivity contribution is -0.136. The zero-order valence-corrected chi connectivity index (χ0v) is 16.7. The normalized spacial score (nSPS) is 16.9. The van der Waals surface area contributed by atoms with E-state index in [-0.39, 0.29) is 11.9 Å². The molecule has 0 spiro atoms. The highest BCUT2D eigenvalue weighted by Crippen LogP contribution is 2.19. The van der Waals surface area contributed by atoms with Gasteiger partial charge in [-0.25, -0.2) is 0 Å². The lowest BCUT2D eigenvalue weighted by Crippen LogP contribution is -2.49. The van der Waals surface area contributed by atoms with Crippen molar-refractivity contribution in [2.75, 3.05) is 26.2 Å². The molecule has 1 amide bonds. The number of aromatic nitrogens is 2. The predicted molar refractivity (Wildman–Crippen MR) is 102 cm³/mol. The van der Waals surface area contributed by atoms with Crippen LogP contribution in [0.15, 0.2) is 34.9 Å². The second-order valence-electron chi connectivity index (χ2n) is 6.81. The Morgan fingerprint density at radius 1 is 1.16 bits per heavy atom. The number of amides is 1. The number of rotatable bonds is 4. The number of benzene rings is 1. The summed E-state index contributed by atoms with van der Waals surface area (Å²) in [6.45, 7) is 10.3. The highest BCUT2D eigenvalue weighted by molar-refractivity contribution is 9.10. The van der Waals surface area contributed by atoms with Crippen molar-refractivity contribution in [3.05, 3.63) is 51.8 Å². The molecule has 1 atom stereocenters. The molecule has 6 heteroatoms. The first kappa shape index (κ1) is 18.1. The monoisotopic (exact) mass is 404 g/mol. The molecule has 1 aliphatic heterocycles. The van der Waals surface area contributed by atoms with Crippen LogP contribution in [-0.4, -0.2) is 51.7 Å². The van der Waals surface area contributed by atoms with Gasteiger partial charge in [0, 0.05) is 38.9 Å². The fourth-order valence-electron chi connectivity index (χ4n) is 3.11. The number of piperazine rings is 1. The van der Waals surface area contributed by atoms with E-state index in [1.807, 2.05) is 24.9 Å². The van der Waals surface area contributed by atoms with Gasteiger partial charge >= 0.3 is 0 Å². The third-order valence-corrected chi connectivity index (χ3v) is 5.60. The van der Waals surface area contributed by atoms with Gasteiger partial charge in [-0.2, -0.15) is 5.10 Å². The van der Waals surface area contributed by atoms with Gasteiger partial charge in [-0.3, -0.25) is 14.4 Å². The molecule has 1 saturated heterocycles. The average molecular weight is 405 g/mol. The van der Waals surface area contributed by atoms with E-state index in [4.69, 9.17) is 0 Å². The topological polar surface area (TPSA) is 41.4 Å². The molecule has 1 aromatic heterocycles. The molecular formula is C19H25BrN4O. The maximum atomic E-state index is 12.8. The molecule has 0 unspecified atom stereocenters. The van der Waals surface area contributed by atoms with Crippen LogP contribution in [0.4, 0.5) is 0 Å². The first-order chi connectivity index (χ1) is 11.9. The fraction of sp³-hybridized carbons (Fsp3) is 0.474. The molecule has 1 aliphatic rings. The van der Waals surface area contributed by atoms with E-state index >= 15 is 0 Å². The summed E-state index contributed by atoms with van der Waals surface area (Å²) in [5.74, 6) is 0.144. The van der Waals surface area contributed by atoms with Crippen molar-refractivity contribution in [3.8, 4) is 0 Å². The van der Waals surface area contributed by atoms with Crippen molar-refractivity contribution in [2.24, 2.45) is 0 Å². The van der Waals surface area contributed by atoms with Crippen LogP contribution < -0.4 is 0 Å². The second-order valence-corrected chi connectivity index (χ2v) is 7.66. The van der Waals surface area contributed by atoms with Gasteiger partial charge in [-0.1, -0.05) is 29.8 Å². The Kier molecular flexibility index (Phi) is 5.59. The Morgan fingerprint density at radius 3 is 2.36 bits per heavy atom. The fourth-order valence-corrected chi connectivity index (χ4v) is 3.40. The number of nitrogens with zero attached hydrogens (tertiary/aromatic N) is 4. The summed E-state index contributed by atoms with van der Waals surface area (Å²) >= 11 is 3.46. The summed E-state index contributed by atoms with van der Waals surface area (Å²) in [4.78, 5) is 17.1. The van der Waals surface area contributed by atoms with Gasteiger partial charge in [0.05, 0.1) is 10.2 Å². The van der Waals surface area contributed by atoms with Gasteiger partial charge in [0.25, 0.3) is 0 Å². The Morgan fingerprint density at radius 2 is 1.80 bits per heavy atom. The van der Waals surface area contributed by atoms with Gasteiger partial charge < -0.3 is 4.90 Å². The summed E-state index contributed by atoms with van der Waals surface area (Å²) in [7, 11) is 0. The molecule has 2 heterocycles. The molecule has 0 aliphatic carbocycles. The minimum atomic E-state index is -0.270. The summed E-state index contributed by atoms with van der Waals surface area (Å²) in [6, 6.07) is 8.41. The smallest absolute Gasteiger partial charge is 0.247 e. The molecule has 0 N–H and O–H groups in total. The molecule has 0 saturated carbocycles. The third-order valence-electron chi connectivity index (χ3n) is 4.82. The van der Waals surface area contributed by atoms with Crippen molar-refractivity contribution in [1.82, 2.24) is 19.6 Å². The largest absolute Gasteiger partial charge is 0.338 e. The van der Waals surface area contributed by atoms with E-state index < -0.39 is 0 Å². The number of aryl methyl sites for hydroxylation is 2.